The van der Waals surface area contributed by atoms with Crippen LogP contribution in [-0.4, -0.2) is 34.0 Å². The molecule has 0 aliphatic heterocycles. The highest BCUT2D eigenvalue weighted by Crippen LogP contribution is 2.23. The normalized spacial score (nSPS) is 21.5. The number of nitrogens with zero attached hydrogens (tertiary/aromatic N) is 3. The standard InChI is InChI=1S/C19H26N4/c1-23(15-17-9-5-7-13-21-17)19-11-3-2-10-18(19)22-14-16-8-4-6-12-20-16/h4-9,12-13,18-19,22H,2-3,10-11,14-15H2,1H3/t18-,19-/m0/s1. The van der Waals surface area contributed by atoms with E-state index < -0.39 is 0 Å². The van der Waals surface area contributed by atoms with Crippen LogP contribution < -0.4 is 5.32 Å². The van der Waals surface area contributed by atoms with Gasteiger partial charge in [0.1, 0.15) is 0 Å². The summed E-state index contributed by atoms with van der Waals surface area (Å²) in [6.07, 6.45) is 8.86. The van der Waals surface area contributed by atoms with Gasteiger partial charge in [-0.25, -0.2) is 0 Å². The number of hydrogen-bond acceptors (Lipinski definition) is 4. The van der Waals surface area contributed by atoms with Crippen LogP contribution in [0.2, 0.25) is 0 Å². The summed E-state index contributed by atoms with van der Waals surface area (Å²) in [5, 5.41) is 3.73. The van der Waals surface area contributed by atoms with Gasteiger partial charge in [-0.2, -0.15) is 0 Å². The van der Waals surface area contributed by atoms with E-state index in [2.05, 4.69) is 51.5 Å². The van der Waals surface area contributed by atoms with Crippen LogP contribution in [0.1, 0.15) is 37.1 Å². The lowest BCUT2D eigenvalue weighted by Crippen LogP contribution is -2.50. The predicted octanol–water partition coefficient (Wildman–Crippen LogP) is 3.01. The van der Waals surface area contributed by atoms with E-state index in [4.69, 9.17) is 0 Å². The van der Waals surface area contributed by atoms with E-state index in [-0.39, 0.29) is 0 Å². The van der Waals surface area contributed by atoms with Crippen LogP contribution in [0, 0.1) is 0 Å². The Bertz CT molecular complexity index is 572. The zero-order chi connectivity index (χ0) is 15.9. The average molecular weight is 310 g/mol. The summed E-state index contributed by atoms with van der Waals surface area (Å²) in [7, 11) is 2.22. The summed E-state index contributed by atoms with van der Waals surface area (Å²) in [5.74, 6) is 0. The van der Waals surface area contributed by atoms with Gasteiger partial charge in [0.2, 0.25) is 0 Å². The van der Waals surface area contributed by atoms with E-state index in [9.17, 15) is 0 Å². The van der Waals surface area contributed by atoms with Gasteiger partial charge in [-0.1, -0.05) is 25.0 Å². The lowest BCUT2D eigenvalue weighted by molar-refractivity contribution is 0.140. The minimum atomic E-state index is 0.527. The van der Waals surface area contributed by atoms with Crippen LogP contribution in [0.5, 0.6) is 0 Å². The Hall–Kier alpha value is -1.78. The fourth-order valence-electron chi connectivity index (χ4n) is 3.48. The Morgan fingerprint density at radius 1 is 1.00 bits per heavy atom. The topological polar surface area (TPSA) is 41.1 Å². The van der Waals surface area contributed by atoms with Gasteiger partial charge >= 0.3 is 0 Å². The highest BCUT2D eigenvalue weighted by molar-refractivity contribution is 5.05. The van der Waals surface area contributed by atoms with E-state index in [1.165, 1.54) is 25.7 Å². The van der Waals surface area contributed by atoms with Crippen molar-refractivity contribution in [2.75, 3.05) is 7.05 Å². The first-order chi connectivity index (χ1) is 11.3. The molecule has 2 aromatic heterocycles. The minimum Gasteiger partial charge on any atom is -0.307 e. The Kier molecular flexibility index (Phi) is 5.72. The number of rotatable bonds is 6. The molecule has 0 spiro atoms. The van der Waals surface area contributed by atoms with Gasteiger partial charge in [0.15, 0.2) is 0 Å². The van der Waals surface area contributed by atoms with Crippen molar-refractivity contribution in [3.63, 3.8) is 0 Å². The molecule has 1 N–H and O–H groups in total. The van der Waals surface area contributed by atoms with Crippen LogP contribution in [0.4, 0.5) is 0 Å². The van der Waals surface area contributed by atoms with Crippen molar-refractivity contribution in [1.82, 2.24) is 20.2 Å². The number of aromatic nitrogens is 2. The fourth-order valence-corrected chi connectivity index (χ4v) is 3.48. The van der Waals surface area contributed by atoms with E-state index >= 15 is 0 Å². The molecule has 1 aliphatic carbocycles. The van der Waals surface area contributed by atoms with Gasteiger partial charge < -0.3 is 5.32 Å². The van der Waals surface area contributed by atoms with E-state index in [1.807, 2.05) is 24.5 Å². The van der Waals surface area contributed by atoms with Crippen molar-refractivity contribution in [3.8, 4) is 0 Å². The van der Waals surface area contributed by atoms with Gasteiger partial charge in [-0.05, 0) is 44.2 Å². The quantitative estimate of drug-likeness (QED) is 0.890. The first-order valence-corrected chi connectivity index (χ1v) is 8.56. The van der Waals surface area contributed by atoms with Crippen LogP contribution in [0.15, 0.2) is 48.8 Å². The van der Waals surface area contributed by atoms with Crippen molar-refractivity contribution in [2.24, 2.45) is 0 Å². The summed E-state index contributed by atoms with van der Waals surface area (Å²) in [4.78, 5) is 11.3. The Morgan fingerprint density at radius 2 is 1.70 bits per heavy atom. The molecule has 0 bridgehead atoms. The molecule has 1 fully saturated rings. The third kappa shape index (κ3) is 4.60. The molecule has 0 unspecified atom stereocenters. The molecule has 0 saturated heterocycles. The van der Waals surface area contributed by atoms with Gasteiger partial charge in [0, 0.05) is 37.6 Å². The van der Waals surface area contributed by atoms with E-state index in [1.54, 1.807) is 0 Å². The summed E-state index contributed by atoms with van der Waals surface area (Å²) in [5.41, 5.74) is 2.26. The molecule has 122 valence electrons. The van der Waals surface area contributed by atoms with Crippen molar-refractivity contribution >= 4 is 0 Å². The molecule has 4 heteroatoms. The van der Waals surface area contributed by atoms with Gasteiger partial charge in [-0.15, -0.1) is 0 Å². The minimum absolute atomic E-state index is 0.527. The maximum Gasteiger partial charge on any atom is 0.0543 e. The molecule has 23 heavy (non-hydrogen) atoms. The van der Waals surface area contributed by atoms with Gasteiger partial charge in [0.25, 0.3) is 0 Å². The highest BCUT2D eigenvalue weighted by atomic mass is 15.2. The van der Waals surface area contributed by atoms with Crippen molar-refractivity contribution in [1.29, 1.82) is 0 Å². The van der Waals surface area contributed by atoms with Crippen LogP contribution in [0.25, 0.3) is 0 Å². The van der Waals surface area contributed by atoms with E-state index in [0.717, 1.165) is 24.5 Å². The Balaban J connectivity index is 1.59. The molecule has 1 saturated carbocycles. The van der Waals surface area contributed by atoms with Crippen molar-refractivity contribution in [2.45, 2.75) is 50.9 Å². The second-order valence-electron chi connectivity index (χ2n) is 6.40. The molecule has 4 nitrogen and oxygen atoms in total. The average Bonchev–Trinajstić information content (AvgIpc) is 2.62. The van der Waals surface area contributed by atoms with Gasteiger partial charge in [-0.3, -0.25) is 14.9 Å². The Morgan fingerprint density at radius 3 is 2.39 bits per heavy atom. The number of likely N-dealkylation sites (N-methyl/N-ethyl adjacent to an activating group) is 1. The molecular weight excluding hydrogens is 284 g/mol. The summed E-state index contributed by atoms with van der Waals surface area (Å²) < 4.78 is 0. The van der Waals surface area contributed by atoms with Crippen LogP contribution in [-0.2, 0) is 13.1 Å². The largest absolute Gasteiger partial charge is 0.307 e. The SMILES string of the molecule is CN(Cc1ccccn1)[C@H]1CCCC[C@@H]1NCc1ccccn1. The lowest BCUT2D eigenvalue weighted by atomic mass is 9.89. The first-order valence-electron chi connectivity index (χ1n) is 8.56. The number of pyridine rings is 2. The molecule has 2 atom stereocenters. The molecule has 0 radical (unpaired) electrons. The second-order valence-corrected chi connectivity index (χ2v) is 6.40. The zero-order valence-corrected chi connectivity index (χ0v) is 13.9. The Labute approximate surface area is 139 Å². The van der Waals surface area contributed by atoms with Crippen molar-refractivity contribution < 1.29 is 0 Å². The maximum absolute atomic E-state index is 4.46. The lowest BCUT2D eigenvalue weighted by Gasteiger charge is -2.38. The first kappa shape index (κ1) is 16.1. The third-order valence-corrected chi connectivity index (χ3v) is 4.70. The van der Waals surface area contributed by atoms with Gasteiger partial charge in [0.05, 0.1) is 11.4 Å². The molecule has 0 amide bonds. The molecule has 3 rings (SSSR count). The highest BCUT2D eigenvalue weighted by Gasteiger charge is 2.28. The molecule has 2 heterocycles. The van der Waals surface area contributed by atoms with E-state index in [0.29, 0.717) is 12.1 Å². The number of hydrogen-bond donors (Lipinski definition) is 1. The third-order valence-electron chi connectivity index (χ3n) is 4.70. The van der Waals surface area contributed by atoms with Crippen LogP contribution >= 0.6 is 0 Å². The predicted molar refractivity (Wildman–Crippen MR) is 92.8 cm³/mol. The van der Waals surface area contributed by atoms with Crippen LogP contribution in [0.3, 0.4) is 0 Å². The maximum atomic E-state index is 4.46. The molecule has 1 aliphatic rings. The van der Waals surface area contributed by atoms with Crippen molar-refractivity contribution in [3.05, 3.63) is 60.2 Å². The second kappa shape index (κ2) is 8.18. The molecule has 0 aromatic carbocycles. The summed E-state index contributed by atoms with van der Waals surface area (Å²) in [6, 6.07) is 13.3. The zero-order valence-electron chi connectivity index (χ0n) is 13.9. The molecular formula is C19H26N4. The summed E-state index contributed by atoms with van der Waals surface area (Å²) in [6.45, 7) is 1.76. The monoisotopic (exact) mass is 310 g/mol. The molecule has 2 aromatic rings. The summed E-state index contributed by atoms with van der Waals surface area (Å²) >= 11 is 0. The smallest absolute Gasteiger partial charge is 0.0543 e. The fraction of sp³-hybridized carbons (Fsp3) is 0.474. The number of nitrogens with one attached hydrogen (secondary N) is 1.